The lowest BCUT2D eigenvalue weighted by atomic mass is 10.0. The molecular formula is C20H21NO. The molecule has 0 aromatic heterocycles. The van der Waals surface area contributed by atoms with Gasteiger partial charge < -0.3 is 10.0 Å². The molecule has 0 fully saturated rings. The molecule has 0 heterocycles. The Labute approximate surface area is 131 Å². The van der Waals surface area contributed by atoms with E-state index < -0.39 is 0 Å². The van der Waals surface area contributed by atoms with E-state index in [0.29, 0.717) is 6.54 Å². The van der Waals surface area contributed by atoms with Gasteiger partial charge in [-0.2, -0.15) is 0 Å². The van der Waals surface area contributed by atoms with E-state index in [4.69, 9.17) is 0 Å². The maximum absolute atomic E-state index is 9.83. The summed E-state index contributed by atoms with van der Waals surface area (Å²) in [6, 6.07) is 25.1. The molecule has 1 unspecified atom stereocenters. The van der Waals surface area contributed by atoms with Crippen LogP contribution in [0.4, 0.5) is 5.69 Å². The maximum Gasteiger partial charge on any atom is 0.0687 e. The molecule has 1 atom stereocenters. The number of anilines is 1. The topological polar surface area (TPSA) is 23.5 Å². The van der Waals surface area contributed by atoms with Gasteiger partial charge in [0.05, 0.1) is 6.10 Å². The van der Waals surface area contributed by atoms with Crippen molar-refractivity contribution >= 4 is 16.5 Å². The third-order valence-corrected chi connectivity index (χ3v) is 3.85. The van der Waals surface area contributed by atoms with Gasteiger partial charge in [0, 0.05) is 18.8 Å². The summed E-state index contributed by atoms with van der Waals surface area (Å²) in [6.07, 6.45) is -0.366. The molecule has 2 nitrogen and oxygen atoms in total. The van der Waals surface area contributed by atoms with Crippen molar-refractivity contribution in [1.82, 2.24) is 0 Å². The molecular weight excluding hydrogens is 270 g/mol. The van der Waals surface area contributed by atoms with Gasteiger partial charge in [-0.05, 0) is 35.4 Å². The molecule has 3 rings (SSSR count). The van der Waals surface area contributed by atoms with Crippen LogP contribution >= 0.6 is 0 Å². The molecule has 0 aliphatic carbocycles. The van der Waals surface area contributed by atoms with Gasteiger partial charge in [-0.15, -0.1) is 0 Å². The monoisotopic (exact) mass is 291 g/mol. The van der Waals surface area contributed by atoms with E-state index in [1.807, 2.05) is 25.1 Å². The SMILES string of the molecule is CC(O)CN(Cc1cccc2ccccc12)c1ccccc1. The molecule has 112 valence electrons. The van der Waals surface area contributed by atoms with Crippen molar-refractivity contribution in [3.05, 3.63) is 78.4 Å². The summed E-state index contributed by atoms with van der Waals surface area (Å²) < 4.78 is 0. The van der Waals surface area contributed by atoms with Crippen molar-refractivity contribution in [2.75, 3.05) is 11.4 Å². The standard InChI is InChI=1S/C20H21NO/c1-16(22)14-21(19-11-3-2-4-12-19)15-18-10-7-9-17-8-5-6-13-20(17)18/h2-13,16,22H,14-15H2,1H3. The number of hydrogen-bond donors (Lipinski definition) is 1. The van der Waals surface area contributed by atoms with Gasteiger partial charge in [0.15, 0.2) is 0 Å². The Morgan fingerprint density at radius 2 is 1.55 bits per heavy atom. The summed E-state index contributed by atoms with van der Waals surface area (Å²) in [6.45, 7) is 3.24. The predicted octanol–water partition coefficient (Wildman–Crippen LogP) is 4.23. The second kappa shape index (κ2) is 6.63. The van der Waals surface area contributed by atoms with Crippen LogP contribution in [-0.2, 0) is 6.54 Å². The number of rotatable bonds is 5. The van der Waals surface area contributed by atoms with E-state index in [1.54, 1.807) is 0 Å². The van der Waals surface area contributed by atoms with Crippen LogP contribution in [0.15, 0.2) is 72.8 Å². The van der Waals surface area contributed by atoms with Crippen LogP contribution in [0.2, 0.25) is 0 Å². The fourth-order valence-corrected chi connectivity index (χ4v) is 2.85. The Balaban J connectivity index is 1.95. The van der Waals surface area contributed by atoms with Crippen LogP contribution in [0.1, 0.15) is 12.5 Å². The molecule has 2 heteroatoms. The molecule has 3 aromatic carbocycles. The Bertz CT molecular complexity index is 732. The van der Waals surface area contributed by atoms with Gasteiger partial charge in [0.2, 0.25) is 0 Å². The summed E-state index contributed by atoms with van der Waals surface area (Å²) in [5, 5.41) is 12.4. The van der Waals surface area contributed by atoms with Crippen LogP contribution in [0.25, 0.3) is 10.8 Å². The van der Waals surface area contributed by atoms with Crippen molar-refractivity contribution in [3.8, 4) is 0 Å². The molecule has 0 radical (unpaired) electrons. The zero-order chi connectivity index (χ0) is 15.4. The van der Waals surface area contributed by atoms with E-state index in [-0.39, 0.29) is 6.10 Å². The van der Waals surface area contributed by atoms with Gasteiger partial charge in [-0.3, -0.25) is 0 Å². The van der Waals surface area contributed by atoms with Crippen molar-refractivity contribution < 1.29 is 5.11 Å². The molecule has 0 amide bonds. The maximum atomic E-state index is 9.83. The minimum absolute atomic E-state index is 0.366. The average molecular weight is 291 g/mol. The van der Waals surface area contributed by atoms with Crippen LogP contribution in [0, 0.1) is 0 Å². The van der Waals surface area contributed by atoms with Crippen molar-refractivity contribution in [3.63, 3.8) is 0 Å². The third kappa shape index (κ3) is 3.29. The molecule has 0 aliphatic heterocycles. The number of fused-ring (bicyclic) bond motifs is 1. The fourth-order valence-electron chi connectivity index (χ4n) is 2.85. The summed E-state index contributed by atoms with van der Waals surface area (Å²) in [7, 11) is 0. The molecule has 22 heavy (non-hydrogen) atoms. The minimum atomic E-state index is -0.366. The summed E-state index contributed by atoms with van der Waals surface area (Å²) in [4.78, 5) is 2.23. The third-order valence-electron chi connectivity index (χ3n) is 3.85. The highest BCUT2D eigenvalue weighted by Crippen LogP contribution is 2.23. The number of benzene rings is 3. The average Bonchev–Trinajstić information content (AvgIpc) is 2.55. The Hall–Kier alpha value is -2.32. The number of nitrogens with zero attached hydrogens (tertiary/aromatic N) is 1. The van der Waals surface area contributed by atoms with E-state index >= 15 is 0 Å². The van der Waals surface area contributed by atoms with Crippen LogP contribution in [0.3, 0.4) is 0 Å². The first-order valence-corrected chi connectivity index (χ1v) is 7.69. The lowest BCUT2D eigenvalue weighted by molar-refractivity contribution is 0.199. The van der Waals surface area contributed by atoms with Gasteiger partial charge in [-0.1, -0.05) is 60.7 Å². The molecule has 0 saturated heterocycles. The fraction of sp³-hybridized carbons (Fsp3) is 0.200. The number of aliphatic hydroxyl groups excluding tert-OH is 1. The predicted molar refractivity (Wildman–Crippen MR) is 93.1 cm³/mol. The van der Waals surface area contributed by atoms with Gasteiger partial charge in [-0.25, -0.2) is 0 Å². The normalized spacial score (nSPS) is 12.3. The van der Waals surface area contributed by atoms with Crippen molar-refractivity contribution in [1.29, 1.82) is 0 Å². The Morgan fingerprint density at radius 3 is 2.32 bits per heavy atom. The second-order valence-electron chi connectivity index (χ2n) is 5.70. The van der Waals surface area contributed by atoms with Crippen LogP contribution in [-0.4, -0.2) is 17.8 Å². The first-order valence-electron chi connectivity index (χ1n) is 7.69. The lowest BCUT2D eigenvalue weighted by Crippen LogP contribution is -2.30. The summed E-state index contributed by atoms with van der Waals surface area (Å²) >= 11 is 0. The number of aliphatic hydroxyl groups is 1. The molecule has 3 aromatic rings. The number of para-hydroxylation sites is 1. The Kier molecular flexibility index (Phi) is 4.40. The minimum Gasteiger partial charge on any atom is -0.392 e. The second-order valence-corrected chi connectivity index (χ2v) is 5.70. The molecule has 0 saturated carbocycles. The van der Waals surface area contributed by atoms with E-state index in [9.17, 15) is 5.11 Å². The van der Waals surface area contributed by atoms with Gasteiger partial charge >= 0.3 is 0 Å². The molecule has 0 bridgehead atoms. The molecule has 1 N–H and O–H groups in total. The number of hydrogen-bond acceptors (Lipinski definition) is 2. The van der Waals surface area contributed by atoms with E-state index in [1.165, 1.54) is 16.3 Å². The van der Waals surface area contributed by atoms with Gasteiger partial charge in [0.25, 0.3) is 0 Å². The Morgan fingerprint density at radius 1 is 0.864 bits per heavy atom. The van der Waals surface area contributed by atoms with E-state index in [2.05, 4.69) is 59.5 Å². The lowest BCUT2D eigenvalue weighted by Gasteiger charge is -2.27. The molecule has 0 spiro atoms. The quantitative estimate of drug-likeness (QED) is 0.760. The van der Waals surface area contributed by atoms with E-state index in [0.717, 1.165) is 12.2 Å². The highest BCUT2D eigenvalue weighted by atomic mass is 16.3. The zero-order valence-electron chi connectivity index (χ0n) is 12.8. The van der Waals surface area contributed by atoms with Crippen LogP contribution < -0.4 is 4.90 Å². The van der Waals surface area contributed by atoms with Crippen molar-refractivity contribution in [2.24, 2.45) is 0 Å². The summed E-state index contributed by atoms with van der Waals surface area (Å²) in [5.41, 5.74) is 2.42. The molecule has 0 aliphatic rings. The summed E-state index contributed by atoms with van der Waals surface area (Å²) in [5.74, 6) is 0. The first-order chi connectivity index (χ1) is 10.7. The van der Waals surface area contributed by atoms with Crippen molar-refractivity contribution in [2.45, 2.75) is 19.6 Å². The zero-order valence-corrected chi connectivity index (χ0v) is 12.8. The largest absolute Gasteiger partial charge is 0.392 e. The highest BCUT2D eigenvalue weighted by Gasteiger charge is 2.11. The first kappa shape index (κ1) is 14.6. The van der Waals surface area contributed by atoms with Crippen LogP contribution in [0.5, 0.6) is 0 Å². The smallest absolute Gasteiger partial charge is 0.0687 e. The highest BCUT2D eigenvalue weighted by molar-refractivity contribution is 5.85. The van der Waals surface area contributed by atoms with Gasteiger partial charge in [0.1, 0.15) is 0 Å².